The van der Waals surface area contributed by atoms with Crippen molar-refractivity contribution in [3.8, 4) is 29.3 Å². The summed E-state index contributed by atoms with van der Waals surface area (Å²) >= 11 is 6.25. The summed E-state index contributed by atoms with van der Waals surface area (Å²) in [5.41, 5.74) is 5.07. The monoisotopic (exact) mass is 515 g/mol. The van der Waals surface area contributed by atoms with Crippen LogP contribution in [0.3, 0.4) is 0 Å². The number of benzene rings is 1. The zero-order valence-corrected chi connectivity index (χ0v) is 19.0. The normalized spacial score (nSPS) is 11.2. The maximum atomic E-state index is 15.1. The van der Waals surface area contributed by atoms with Crippen molar-refractivity contribution >= 4 is 28.9 Å². The molecule has 0 aliphatic carbocycles. The van der Waals surface area contributed by atoms with Gasteiger partial charge in [-0.1, -0.05) is 17.5 Å². The fourth-order valence-corrected chi connectivity index (χ4v) is 3.60. The Morgan fingerprint density at radius 3 is 2.50 bits per heavy atom. The van der Waals surface area contributed by atoms with Crippen LogP contribution in [0.5, 0.6) is 0 Å². The van der Waals surface area contributed by atoms with E-state index in [2.05, 4.69) is 31.4 Å². The van der Waals surface area contributed by atoms with Crippen molar-refractivity contribution < 1.29 is 22.4 Å². The minimum absolute atomic E-state index is 0.0652. The van der Waals surface area contributed by atoms with E-state index in [1.165, 1.54) is 18.6 Å². The molecule has 0 saturated heterocycles. The Morgan fingerprint density at radius 2 is 1.86 bits per heavy atom. The number of halogens is 5. The molecule has 4 aromatic rings. The number of alkyl halides is 3. The molecule has 3 heterocycles. The molecule has 36 heavy (non-hydrogen) atoms. The number of aromatic nitrogens is 5. The van der Waals surface area contributed by atoms with Gasteiger partial charge in [0.05, 0.1) is 51.8 Å². The van der Waals surface area contributed by atoms with E-state index in [-0.39, 0.29) is 38.7 Å². The third kappa shape index (κ3) is 4.56. The van der Waals surface area contributed by atoms with Crippen LogP contribution >= 0.6 is 11.6 Å². The number of carbonyl (C=O) groups excluding carboxylic acids is 1. The first-order chi connectivity index (χ1) is 17.0. The van der Waals surface area contributed by atoms with Crippen molar-refractivity contribution in [2.75, 3.05) is 11.1 Å². The molecule has 1 aromatic carbocycles. The predicted molar refractivity (Wildman–Crippen MR) is 124 cm³/mol. The van der Waals surface area contributed by atoms with Crippen LogP contribution in [-0.2, 0) is 6.18 Å². The van der Waals surface area contributed by atoms with Crippen LogP contribution in [0.4, 0.5) is 28.9 Å². The van der Waals surface area contributed by atoms with Gasteiger partial charge in [0.1, 0.15) is 11.4 Å². The van der Waals surface area contributed by atoms with Crippen molar-refractivity contribution in [1.29, 1.82) is 0 Å². The van der Waals surface area contributed by atoms with Crippen LogP contribution in [0.2, 0.25) is 5.02 Å². The number of hydrogen-bond acceptors (Lipinski definition) is 6. The predicted octanol–water partition coefficient (Wildman–Crippen LogP) is 4.66. The minimum atomic E-state index is -4.83. The van der Waals surface area contributed by atoms with E-state index in [9.17, 15) is 18.0 Å². The number of anilines is 2. The van der Waals surface area contributed by atoms with Gasteiger partial charge in [-0.05, 0) is 25.1 Å². The van der Waals surface area contributed by atoms with Gasteiger partial charge in [-0.2, -0.15) is 23.4 Å². The molecule has 0 fully saturated rings. The van der Waals surface area contributed by atoms with E-state index in [0.717, 1.165) is 18.3 Å². The number of nitrogen functional groups attached to an aromatic ring is 1. The van der Waals surface area contributed by atoms with E-state index < -0.39 is 29.3 Å². The zero-order valence-electron chi connectivity index (χ0n) is 18.2. The van der Waals surface area contributed by atoms with Gasteiger partial charge in [-0.25, -0.2) is 9.37 Å². The summed E-state index contributed by atoms with van der Waals surface area (Å²) in [7, 11) is 0. The number of aryl methyl sites for hydroxylation is 1. The van der Waals surface area contributed by atoms with E-state index in [4.69, 9.17) is 23.8 Å². The summed E-state index contributed by atoms with van der Waals surface area (Å²) in [5.74, 6) is -0.0723. The van der Waals surface area contributed by atoms with Crippen LogP contribution in [0, 0.1) is 25.1 Å². The van der Waals surface area contributed by atoms with E-state index >= 15 is 4.39 Å². The number of rotatable bonds is 4. The zero-order chi connectivity index (χ0) is 26.2. The molecule has 0 bridgehead atoms. The van der Waals surface area contributed by atoms with Crippen molar-refractivity contribution in [2.45, 2.75) is 13.1 Å². The van der Waals surface area contributed by atoms with Crippen LogP contribution in [0.25, 0.3) is 16.9 Å². The van der Waals surface area contributed by atoms with Crippen molar-refractivity contribution in [1.82, 2.24) is 25.0 Å². The Balaban J connectivity index is 1.70. The maximum Gasteiger partial charge on any atom is 0.420 e. The fraction of sp³-hybridized carbons (Fsp3) is 0.0870. The number of amides is 1. The molecule has 3 aromatic heterocycles. The molecule has 0 aliphatic heterocycles. The number of hydrogen-bond donors (Lipinski definition) is 2. The topological polar surface area (TPSA) is 112 Å². The van der Waals surface area contributed by atoms with Gasteiger partial charge in [-0.3, -0.25) is 9.78 Å². The Kier molecular flexibility index (Phi) is 6.34. The standard InChI is InChI=1S/C23H14ClF4N7O/c1-3-12-9-30-11(2)20(29)19(12)15-7-17(24)14(8-18(15)25)22(36)34-13-6-16(23(26,27)28)21(31-10-13)35-32-4-5-33-35/h1,4-10H,29H2,2H3,(H,34,36). The first kappa shape index (κ1) is 24.6. The van der Waals surface area contributed by atoms with Crippen molar-refractivity contribution in [3.63, 3.8) is 0 Å². The summed E-state index contributed by atoms with van der Waals surface area (Å²) in [6.45, 7) is 1.61. The van der Waals surface area contributed by atoms with E-state index in [1.54, 1.807) is 6.92 Å². The van der Waals surface area contributed by atoms with Gasteiger partial charge in [0, 0.05) is 17.3 Å². The van der Waals surface area contributed by atoms with Crippen LogP contribution in [0.15, 0.2) is 43.0 Å². The van der Waals surface area contributed by atoms with E-state index in [1.807, 2.05) is 0 Å². The highest BCUT2D eigenvalue weighted by atomic mass is 35.5. The molecule has 1 amide bonds. The Bertz CT molecular complexity index is 1530. The smallest absolute Gasteiger partial charge is 0.397 e. The molecule has 4 rings (SSSR count). The van der Waals surface area contributed by atoms with Crippen molar-refractivity contribution in [2.24, 2.45) is 0 Å². The van der Waals surface area contributed by atoms with Gasteiger partial charge in [-0.15, -0.1) is 11.2 Å². The molecule has 0 saturated carbocycles. The molecular weight excluding hydrogens is 502 g/mol. The summed E-state index contributed by atoms with van der Waals surface area (Å²) in [6, 6.07) is 2.65. The highest BCUT2D eigenvalue weighted by Crippen LogP contribution is 2.37. The van der Waals surface area contributed by atoms with Gasteiger partial charge in [0.25, 0.3) is 5.91 Å². The van der Waals surface area contributed by atoms with Crippen LogP contribution in [0.1, 0.15) is 27.2 Å². The quantitative estimate of drug-likeness (QED) is 0.302. The molecular formula is C23H14ClF4N7O. The number of nitrogens with zero attached hydrogens (tertiary/aromatic N) is 5. The molecule has 3 N–H and O–H groups in total. The summed E-state index contributed by atoms with van der Waals surface area (Å²) in [4.78, 5) is 21.2. The average molecular weight is 516 g/mol. The first-order valence-electron chi connectivity index (χ1n) is 9.97. The van der Waals surface area contributed by atoms with E-state index in [0.29, 0.717) is 16.6 Å². The number of terminal acetylenes is 1. The third-order valence-electron chi connectivity index (χ3n) is 5.08. The van der Waals surface area contributed by atoms with Gasteiger partial charge >= 0.3 is 6.18 Å². The maximum absolute atomic E-state index is 15.1. The Labute approximate surface area is 206 Å². The minimum Gasteiger partial charge on any atom is -0.397 e. The second kappa shape index (κ2) is 9.27. The SMILES string of the molecule is C#Cc1cnc(C)c(N)c1-c1cc(Cl)c(C(=O)Nc2cnc(-n3nccn3)c(C(F)(F)F)c2)cc1F. The lowest BCUT2D eigenvalue weighted by Gasteiger charge is -2.15. The number of pyridine rings is 2. The molecule has 0 unspecified atom stereocenters. The van der Waals surface area contributed by atoms with Gasteiger partial charge < -0.3 is 11.1 Å². The highest BCUT2D eigenvalue weighted by Gasteiger charge is 2.36. The molecule has 182 valence electrons. The summed E-state index contributed by atoms with van der Waals surface area (Å²) in [5, 5.41) is 9.35. The van der Waals surface area contributed by atoms with Gasteiger partial charge in [0.2, 0.25) is 0 Å². The molecule has 0 aliphatic rings. The fourth-order valence-electron chi connectivity index (χ4n) is 3.35. The molecule has 13 heteroatoms. The second-order valence-corrected chi connectivity index (χ2v) is 7.77. The second-order valence-electron chi connectivity index (χ2n) is 7.37. The number of nitrogens with two attached hydrogens (primary N) is 1. The first-order valence-corrected chi connectivity index (χ1v) is 10.4. The van der Waals surface area contributed by atoms with Crippen LogP contribution in [-0.4, -0.2) is 30.9 Å². The lowest BCUT2D eigenvalue weighted by molar-refractivity contribution is -0.137. The molecule has 0 radical (unpaired) electrons. The lowest BCUT2D eigenvalue weighted by Crippen LogP contribution is -2.17. The highest BCUT2D eigenvalue weighted by molar-refractivity contribution is 6.34. The summed E-state index contributed by atoms with van der Waals surface area (Å²) in [6.07, 6.45) is 5.35. The molecule has 0 atom stereocenters. The Morgan fingerprint density at radius 1 is 1.17 bits per heavy atom. The van der Waals surface area contributed by atoms with Gasteiger partial charge in [0.15, 0.2) is 5.82 Å². The van der Waals surface area contributed by atoms with Crippen molar-refractivity contribution in [3.05, 3.63) is 76.2 Å². The average Bonchev–Trinajstić information content (AvgIpc) is 3.36. The number of nitrogens with one attached hydrogen (secondary N) is 1. The largest absolute Gasteiger partial charge is 0.420 e. The molecule has 0 spiro atoms. The molecule has 8 nitrogen and oxygen atoms in total. The third-order valence-corrected chi connectivity index (χ3v) is 5.39. The lowest BCUT2D eigenvalue weighted by atomic mass is 9.97. The van der Waals surface area contributed by atoms with Crippen LogP contribution < -0.4 is 11.1 Å². The Hall–Kier alpha value is -4.50. The summed E-state index contributed by atoms with van der Waals surface area (Å²) < 4.78 is 55.9. The number of carbonyl (C=O) groups is 1.